The second kappa shape index (κ2) is 5.99. The number of amides is 1. The second-order valence-electron chi connectivity index (χ2n) is 6.05. The molecule has 5 nitrogen and oxygen atoms in total. The van der Waals surface area contributed by atoms with Gasteiger partial charge in [0.05, 0.1) is 5.41 Å². The zero-order chi connectivity index (χ0) is 14.7. The van der Waals surface area contributed by atoms with Gasteiger partial charge >= 0.3 is 12.1 Å². The number of alkyl halides is 1. The Kier molecular flexibility index (Phi) is 5.07. The second-order valence-corrected chi connectivity index (χ2v) is 6.27. The molecule has 2 atom stereocenters. The normalized spacial score (nSPS) is 26.9. The lowest BCUT2D eigenvalue weighted by Gasteiger charge is -2.30. The molecule has 0 aromatic heterocycles. The quantitative estimate of drug-likeness (QED) is 0.641. The fraction of sp³-hybridized carbons (Fsp3) is 0.846. The van der Waals surface area contributed by atoms with E-state index in [-0.39, 0.29) is 18.1 Å². The van der Waals surface area contributed by atoms with E-state index in [9.17, 15) is 9.59 Å². The smallest absolute Gasteiger partial charge is 0.407 e. The average molecular weight is 292 g/mol. The van der Waals surface area contributed by atoms with Crippen molar-refractivity contribution < 1.29 is 19.1 Å². The van der Waals surface area contributed by atoms with E-state index < -0.39 is 17.1 Å². The number of ether oxygens (including phenoxy) is 2. The summed E-state index contributed by atoms with van der Waals surface area (Å²) in [4.78, 5) is 23.7. The molecule has 1 rings (SSSR count). The predicted octanol–water partition coefficient (Wildman–Crippen LogP) is 2.81. The van der Waals surface area contributed by atoms with Crippen molar-refractivity contribution in [2.45, 2.75) is 58.6 Å². The van der Waals surface area contributed by atoms with Gasteiger partial charge in [-0.2, -0.15) is 0 Å². The monoisotopic (exact) mass is 291 g/mol. The van der Waals surface area contributed by atoms with Crippen molar-refractivity contribution in [3.05, 3.63) is 0 Å². The minimum atomic E-state index is -0.730. The Balaban J connectivity index is 2.66. The molecular weight excluding hydrogens is 270 g/mol. The van der Waals surface area contributed by atoms with Crippen LogP contribution in [-0.4, -0.2) is 29.8 Å². The topological polar surface area (TPSA) is 64.6 Å². The molecule has 0 spiro atoms. The Labute approximate surface area is 119 Å². The minimum Gasteiger partial charge on any atom is -0.449 e. The third-order valence-electron chi connectivity index (χ3n) is 3.30. The summed E-state index contributed by atoms with van der Waals surface area (Å²) in [7, 11) is 0. The first kappa shape index (κ1) is 16.1. The molecule has 0 saturated heterocycles. The van der Waals surface area contributed by atoms with Gasteiger partial charge in [-0.15, -0.1) is 0 Å². The molecule has 0 radical (unpaired) electrons. The summed E-state index contributed by atoms with van der Waals surface area (Å²) in [5, 5.41) is 2.76. The number of alkyl carbamates (subject to hydrolysis) is 1. The van der Waals surface area contributed by atoms with Crippen LogP contribution in [0.3, 0.4) is 0 Å². The summed E-state index contributed by atoms with van der Waals surface area (Å²) in [6, 6.07) is -0.453. The average Bonchev–Trinajstić information content (AvgIpc) is 2.59. The Morgan fingerprint density at radius 2 is 2.05 bits per heavy atom. The lowest BCUT2D eigenvalue weighted by Crippen LogP contribution is -2.49. The fourth-order valence-electron chi connectivity index (χ4n) is 2.31. The van der Waals surface area contributed by atoms with Crippen molar-refractivity contribution in [3.63, 3.8) is 0 Å². The molecule has 0 aromatic carbocycles. The largest absolute Gasteiger partial charge is 0.449 e. The van der Waals surface area contributed by atoms with Crippen molar-refractivity contribution in [1.29, 1.82) is 0 Å². The predicted molar refractivity (Wildman–Crippen MR) is 71.9 cm³/mol. The van der Waals surface area contributed by atoms with Gasteiger partial charge in [-0.1, -0.05) is 18.0 Å². The lowest BCUT2D eigenvalue weighted by molar-refractivity contribution is -0.153. The number of rotatable bonds is 3. The van der Waals surface area contributed by atoms with Crippen LogP contribution in [-0.2, 0) is 14.3 Å². The SMILES string of the molecule is CC(C)(C)OC(=O)NC1CCCC1(C)C(=O)OCCl. The van der Waals surface area contributed by atoms with Crippen molar-refractivity contribution >= 4 is 23.7 Å². The van der Waals surface area contributed by atoms with E-state index in [0.717, 1.165) is 12.8 Å². The highest BCUT2D eigenvalue weighted by molar-refractivity contribution is 6.17. The van der Waals surface area contributed by atoms with E-state index in [1.807, 2.05) is 0 Å². The van der Waals surface area contributed by atoms with Crippen molar-refractivity contribution in [1.82, 2.24) is 5.32 Å². The highest BCUT2D eigenvalue weighted by Gasteiger charge is 2.47. The maximum Gasteiger partial charge on any atom is 0.407 e. The van der Waals surface area contributed by atoms with E-state index in [1.54, 1.807) is 27.7 Å². The Morgan fingerprint density at radius 3 is 2.58 bits per heavy atom. The van der Waals surface area contributed by atoms with Crippen LogP contribution < -0.4 is 5.32 Å². The van der Waals surface area contributed by atoms with Gasteiger partial charge < -0.3 is 14.8 Å². The van der Waals surface area contributed by atoms with Crippen LogP contribution in [0.15, 0.2) is 0 Å². The lowest BCUT2D eigenvalue weighted by atomic mass is 9.85. The molecule has 1 saturated carbocycles. The van der Waals surface area contributed by atoms with Gasteiger partial charge in [0.1, 0.15) is 5.60 Å². The van der Waals surface area contributed by atoms with Crippen LogP contribution in [0, 0.1) is 5.41 Å². The molecule has 0 bridgehead atoms. The van der Waals surface area contributed by atoms with E-state index in [0.29, 0.717) is 6.42 Å². The molecule has 19 heavy (non-hydrogen) atoms. The highest BCUT2D eigenvalue weighted by Crippen LogP contribution is 2.39. The van der Waals surface area contributed by atoms with E-state index in [2.05, 4.69) is 5.32 Å². The van der Waals surface area contributed by atoms with Crippen LogP contribution in [0.5, 0.6) is 0 Å². The number of carbonyl (C=O) groups is 2. The molecule has 0 heterocycles. The maximum absolute atomic E-state index is 11.9. The molecule has 1 fully saturated rings. The highest BCUT2D eigenvalue weighted by atomic mass is 35.5. The van der Waals surface area contributed by atoms with Gasteiger partial charge in [0.2, 0.25) is 0 Å². The summed E-state index contributed by atoms with van der Waals surface area (Å²) in [6.07, 6.45) is 1.74. The molecule has 1 amide bonds. The molecule has 110 valence electrons. The first-order valence-electron chi connectivity index (χ1n) is 6.42. The Morgan fingerprint density at radius 1 is 1.42 bits per heavy atom. The summed E-state index contributed by atoms with van der Waals surface area (Å²) in [5.74, 6) is -0.374. The maximum atomic E-state index is 11.9. The zero-order valence-corrected chi connectivity index (χ0v) is 12.7. The van der Waals surface area contributed by atoms with Crippen molar-refractivity contribution in [3.8, 4) is 0 Å². The van der Waals surface area contributed by atoms with Gasteiger partial charge in [0.15, 0.2) is 6.07 Å². The number of hydrogen-bond donors (Lipinski definition) is 1. The molecule has 1 aliphatic carbocycles. The van der Waals surface area contributed by atoms with Crippen LogP contribution >= 0.6 is 11.6 Å². The summed E-state index contributed by atoms with van der Waals surface area (Å²) in [5.41, 5.74) is -1.29. The van der Waals surface area contributed by atoms with Crippen LogP contribution in [0.2, 0.25) is 0 Å². The number of hydrogen-bond acceptors (Lipinski definition) is 4. The zero-order valence-electron chi connectivity index (χ0n) is 11.9. The first-order valence-corrected chi connectivity index (χ1v) is 6.95. The number of carbonyl (C=O) groups excluding carboxylic acids is 2. The third-order valence-corrected chi connectivity index (χ3v) is 3.41. The number of halogens is 1. The number of nitrogens with one attached hydrogen (secondary N) is 1. The van der Waals surface area contributed by atoms with Gasteiger partial charge in [-0.25, -0.2) is 4.79 Å². The van der Waals surface area contributed by atoms with Crippen LogP contribution in [0.4, 0.5) is 4.79 Å². The Hall–Kier alpha value is -0.970. The molecular formula is C13H22ClNO4. The van der Waals surface area contributed by atoms with Crippen molar-refractivity contribution in [2.75, 3.05) is 6.07 Å². The van der Waals surface area contributed by atoms with Crippen molar-refractivity contribution in [2.24, 2.45) is 5.41 Å². The number of esters is 1. The van der Waals surface area contributed by atoms with E-state index in [1.165, 1.54) is 0 Å². The first-order chi connectivity index (χ1) is 8.69. The summed E-state index contributed by atoms with van der Waals surface area (Å²) < 4.78 is 10.1. The summed E-state index contributed by atoms with van der Waals surface area (Å²) in [6.45, 7) is 7.17. The van der Waals surface area contributed by atoms with Gasteiger partial charge in [-0.3, -0.25) is 4.79 Å². The van der Waals surface area contributed by atoms with Gasteiger partial charge in [0, 0.05) is 6.04 Å². The van der Waals surface area contributed by atoms with Gasteiger partial charge in [0.25, 0.3) is 0 Å². The minimum absolute atomic E-state index is 0.173. The van der Waals surface area contributed by atoms with E-state index >= 15 is 0 Å². The standard InChI is InChI=1S/C13H22ClNO4/c1-12(2,3)19-11(17)15-9-6-5-7-13(9,4)10(16)18-8-14/h9H,5-8H2,1-4H3,(H,15,17). The van der Waals surface area contributed by atoms with Crippen LogP contribution in [0.1, 0.15) is 47.0 Å². The van der Waals surface area contributed by atoms with E-state index in [4.69, 9.17) is 21.1 Å². The Bertz CT molecular complexity index is 353. The molecule has 1 aliphatic rings. The van der Waals surface area contributed by atoms with Crippen LogP contribution in [0.25, 0.3) is 0 Å². The molecule has 0 aromatic rings. The molecule has 0 aliphatic heterocycles. The molecule has 6 heteroatoms. The third kappa shape index (κ3) is 4.27. The molecule has 1 N–H and O–H groups in total. The fourth-order valence-corrected chi connectivity index (χ4v) is 2.41. The van der Waals surface area contributed by atoms with Gasteiger partial charge in [-0.05, 0) is 40.5 Å². The summed E-state index contributed by atoms with van der Waals surface area (Å²) >= 11 is 5.42. The molecule has 2 unspecified atom stereocenters.